The zero-order valence-corrected chi connectivity index (χ0v) is 25.9. The van der Waals surface area contributed by atoms with Crippen molar-refractivity contribution in [3.8, 4) is 11.6 Å². The van der Waals surface area contributed by atoms with Gasteiger partial charge in [0.2, 0.25) is 11.8 Å². The highest BCUT2D eigenvalue weighted by Gasteiger charge is 2.56. The number of carbonyl (C=O) groups is 1. The molecular formula is C24H31Cl2N6O7PS. The molecule has 3 aromatic rings. The number of aromatic nitrogens is 4. The topological polar surface area (TPSA) is 165 Å². The molecule has 41 heavy (non-hydrogen) atoms. The lowest BCUT2D eigenvalue weighted by molar-refractivity contribution is -0.149. The van der Waals surface area contributed by atoms with Crippen LogP contribution in [0.15, 0.2) is 36.7 Å². The molecule has 4 N–H and O–H groups in total. The fourth-order valence-corrected chi connectivity index (χ4v) is 6.94. The number of benzene rings is 1. The lowest BCUT2D eigenvalue weighted by atomic mass is 10.2. The Morgan fingerprint density at radius 3 is 2.66 bits per heavy atom. The molecule has 0 radical (unpaired) electrons. The Morgan fingerprint density at radius 2 is 2.00 bits per heavy atom. The molecule has 13 nitrogen and oxygen atoms in total. The molecule has 5 atom stereocenters. The van der Waals surface area contributed by atoms with Crippen LogP contribution in [0.2, 0.25) is 0 Å². The Hall–Kier alpha value is -2.29. The number of carbonyl (C=O) groups excluding carboxylic acids is 1. The largest absolute Gasteiger partial charge is 0.476 e. The number of rotatable bonds is 12. The van der Waals surface area contributed by atoms with E-state index in [9.17, 15) is 9.90 Å². The monoisotopic (exact) mass is 648 g/mol. The summed E-state index contributed by atoms with van der Waals surface area (Å²) in [6.07, 6.45) is -2.62. The number of nitrogens with one attached hydrogen (secondary N) is 1. The maximum Gasteiger partial charge on any atom is 0.323 e. The van der Waals surface area contributed by atoms with E-state index in [0.717, 1.165) is 0 Å². The van der Waals surface area contributed by atoms with Gasteiger partial charge in [-0.3, -0.25) is 9.36 Å². The van der Waals surface area contributed by atoms with Crippen molar-refractivity contribution < 1.29 is 33.2 Å². The van der Waals surface area contributed by atoms with Crippen LogP contribution in [0.25, 0.3) is 11.2 Å². The third-order valence-corrected chi connectivity index (χ3v) is 9.07. The molecule has 224 valence electrons. The Labute approximate surface area is 251 Å². The van der Waals surface area contributed by atoms with Crippen LogP contribution in [0, 0.1) is 0 Å². The lowest BCUT2D eigenvalue weighted by Crippen LogP contribution is -2.39. The molecule has 0 saturated carbocycles. The van der Waals surface area contributed by atoms with Crippen LogP contribution < -0.4 is 20.1 Å². The number of esters is 1. The summed E-state index contributed by atoms with van der Waals surface area (Å²) >= 11 is 19.0. The van der Waals surface area contributed by atoms with E-state index in [-0.39, 0.29) is 30.2 Å². The minimum atomic E-state index is -3.42. The summed E-state index contributed by atoms with van der Waals surface area (Å²) in [4.78, 5) is 25.1. The van der Waals surface area contributed by atoms with Gasteiger partial charge in [-0.25, -0.2) is 10.1 Å². The summed E-state index contributed by atoms with van der Waals surface area (Å²) in [5.74, 6) is -0.00981. The number of hydrogen-bond donors (Lipinski definition) is 3. The Morgan fingerprint density at radius 1 is 1.29 bits per heavy atom. The predicted octanol–water partition coefficient (Wildman–Crippen LogP) is 3.49. The number of nitrogens with zero attached hydrogens (tertiary/aromatic N) is 4. The molecule has 4 rings (SSSR count). The number of para-hydroxylation sites is 1. The second kappa shape index (κ2) is 12.9. The molecule has 1 aromatic carbocycles. The third kappa shape index (κ3) is 7.20. The van der Waals surface area contributed by atoms with Crippen LogP contribution in [0.5, 0.6) is 11.6 Å². The summed E-state index contributed by atoms with van der Waals surface area (Å²) in [5.41, 5.74) is 6.41. The Balaban J connectivity index is 1.56. The van der Waals surface area contributed by atoms with E-state index >= 15 is 0 Å². The SMILES string of the molecule is CCOc1nc(N)nc2c1ncn2[C@@H]1O[C@H](COP(=S)(N[C@@H](C)C(=O)OC(C)C)Oc2ccccc2)[C@@H](O)C1(Cl)Cl. The van der Waals surface area contributed by atoms with Gasteiger partial charge in [-0.05, 0) is 51.6 Å². The van der Waals surface area contributed by atoms with Gasteiger partial charge in [0.15, 0.2) is 21.7 Å². The number of halogens is 2. The maximum absolute atomic E-state index is 12.5. The molecule has 2 aromatic heterocycles. The average molecular weight is 649 g/mol. The number of imidazole rings is 1. The minimum Gasteiger partial charge on any atom is -0.476 e. The van der Waals surface area contributed by atoms with Gasteiger partial charge in [0, 0.05) is 0 Å². The van der Waals surface area contributed by atoms with Gasteiger partial charge in [0.25, 0.3) is 0 Å². The lowest BCUT2D eigenvalue weighted by Gasteiger charge is -2.28. The van der Waals surface area contributed by atoms with Crippen LogP contribution in [0.4, 0.5) is 5.95 Å². The van der Waals surface area contributed by atoms with Crippen LogP contribution in [0.1, 0.15) is 33.9 Å². The van der Waals surface area contributed by atoms with Crippen LogP contribution in [0.3, 0.4) is 0 Å². The zero-order valence-electron chi connectivity index (χ0n) is 22.6. The second-order valence-electron chi connectivity index (χ2n) is 9.32. The number of aliphatic hydroxyl groups excluding tert-OH is 1. The van der Waals surface area contributed by atoms with E-state index in [2.05, 4.69) is 20.0 Å². The van der Waals surface area contributed by atoms with Gasteiger partial charge >= 0.3 is 12.6 Å². The van der Waals surface area contributed by atoms with Crippen molar-refractivity contribution in [3.63, 3.8) is 0 Å². The summed E-state index contributed by atoms with van der Waals surface area (Å²) in [6.45, 7) is 3.44. The summed E-state index contributed by atoms with van der Waals surface area (Å²) in [5, 5.41) is 14.0. The van der Waals surface area contributed by atoms with Crippen LogP contribution >= 0.6 is 29.8 Å². The quantitative estimate of drug-likeness (QED) is 0.149. The molecule has 3 heterocycles. The number of nitrogens with two attached hydrogens (primary N) is 1. The maximum atomic E-state index is 12.5. The highest BCUT2D eigenvalue weighted by molar-refractivity contribution is 8.09. The molecule has 17 heteroatoms. The molecule has 0 aliphatic carbocycles. The van der Waals surface area contributed by atoms with Crippen molar-refractivity contribution in [2.24, 2.45) is 0 Å². The van der Waals surface area contributed by atoms with Gasteiger partial charge < -0.3 is 34.1 Å². The normalized spacial score (nSPS) is 22.4. The smallest absolute Gasteiger partial charge is 0.323 e. The third-order valence-electron chi connectivity index (χ3n) is 5.75. The molecule has 1 aliphatic heterocycles. The number of aliphatic hydroxyl groups is 1. The summed E-state index contributed by atoms with van der Waals surface area (Å²) in [6, 6.07) is 7.85. The van der Waals surface area contributed by atoms with E-state index in [4.69, 9.17) is 64.0 Å². The number of anilines is 1. The molecular weight excluding hydrogens is 618 g/mol. The van der Waals surface area contributed by atoms with Crippen molar-refractivity contribution in [3.05, 3.63) is 36.7 Å². The summed E-state index contributed by atoms with van der Waals surface area (Å²) in [7, 11) is 0. The van der Waals surface area contributed by atoms with E-state index in [1.807, 2.05) is 6.07 Å². The first kappa shape index (κ1) is 31.6. The van der Waals surface area contributed by atoms with E-state index in [1.165, 1.54) is 10.9 Å². The first-order valence-corrected chi connectivity index (χ1v) is 16.1. The summed E-state index contributed by atoms with van der Waals surface area (Å²) < 4.78 is 28.5. The molecule has 1 fully saturated rings. The van der Waals surface area contributed by atoms with E-state index in [0.29, 0.717) is 17.9 Å². The van der Waals surface area contributed by atoms with Gasteiger partial charge in [-0.15, -0.1) is 0 Å². The number of hydrogen-bond acceptors (Lipinski definition) is 12. The second-order valence-corrected chi connectivity index (χ2v) is 13.9. The predicted molar refractivity (Wildman–Crippen MR) is 156 cm³/mol. The molecule has 1 unspecified atom stereocenters. The zero-order chi connectivity index (χ0) is 29.9. The van der Waals surface area contributed by atoms with Crippen molar-refractivity contribution in [2.75, 3.05) is 18.9 Å². The molecule has 0 amide bonds. The van der Waals surface area contributed by atoms with Crippen molar-refractivity contribution >= 4 is 64.7 Å². The molecule has 1 saturated heterocycles. The van der Waals surface area contributed by atoms with Gasteiger partial charge in [0.1, 0.15) is 24.0 Å². The average Bonchev–Trinajstić information content (AvgIpc) is 3.41. The molecule has 0 spiro atoms. The van der Waals surface area contributed by atoms with Crippen molar-refractivity contribution in [2.45, 2.75) is 62.6 Å². The molecule has 1 aliphatic rings. The van der Waals surface area contributed by atoms with E-state index in [1.54, 1.807) is 52.0 Å². The highest BCUT2D eigenvalue weighted by Crippen LogP contribution is 2.50. The van der Waals surface area contributed by atoms with Gasteiger partial charge in [-0.2, -0.15) is 9.97 Å². The number of ether oxygens (including phenoxy) is 3. The fourth-order valence-electron chi connectivity index (χ4n) is 3.93. The first-order valence-electron chi connectivity index (χ1n) is 12.7. The van der Waals surface area contributed by atoms with Gasteiger partial charge in [0.05, 0.1) is 25.6 Å². The van der Waals surface area contributed by atoms with Crippen LogP contribution in [-0.2, 0) is 30.6 Å². The number of fused-ring (bicyclic) bond motifs is 1. The molecule has 0 bridgehead atoms. The number of nitrogen functional groups attached to an aromatic ring is 1. The standard InChI is InChI=1S/C24H31Cl2N6O7PS/c1-5-35-20-17-19(29-23(27)30-20)32(12-28-17)22-24(25,26)18(33)16(38-22)11-36-40(41,39-15-9-7-6-8-10-15)31-14(4)21(34)37-13(2)3/h6-10,12-14,16,18,22,33H,5,11H2,1-4H3,(H,31,41)(H2,27,29,30)/t14-,16+,18+,22+,40?/m0/s1. The first-order chi connectivity index (χ1) is 19.3. The minimum absolute atomic E-state index is 0.0641. The van der Waals surface area contributed by atoms with Crippen LogP contribution in [-0.4, -0.2) is 72.5 Å². The van der Waals surface area contributed by atoms with Crippen molar-refractivity contribution in [1.29, 1.82) is 0 Å². The number of alkyl halides is 2. The fraction of sp³-hybridized carbons (Fsp3) is 0.500. The van der Waals surface area contributed by atoms with E-state index < -0.39 is 41.4 Å². The van der Waals surface area contributed by atoms with Gasteiger partial charge in [-0.1, -0.05) is 41.4 Å². The Kier molecular flexibility index (Phi) is 9.97. The Bertz CT molecular complexity index is 1420. The van der Waals surface area contributed by atoms with Crippen molar-refractivity contribution in [1.82, 2.24) is 24.6 Å². The highest BCUT2D eigenvalue weighted by atomic mass is 35.5.